The summed E-state index contributed by atoms with van der Waals surface area (Å²) in [7, 11) is 0. The van der Waals surface area contributed by atoms with Crippen LogP contribution in [0.2, 0.25) is 0 Å². The summed E-state index contributed by atoms with van der Waals surface area (Å²) in [4.78, 5) is 33.4. The van der Waals surface area contributed by atoms with Crippen LogP contribution in [-0.2, 0) is 9.59 Å². The zero-order valence-electron chi connectivity index (χ0n) is 11.0. The normalized spacial score (nSPS) is 10.8. The Morgan fingerprint density at radius 2 is 1.90 bits per heavy atom. The number of benzene rings is 1. The van der Waals surface area contributed by atoms with Gasteiger partial charge in [-0.15, -0.1) is 0 Å². The first-order chi connectivity index (χ1) is 9.26. The predicted octanol–water partition coefficient (Wildman–Crippen LogP) is 0.420. The van der Waals surface area contributed by atoms with E-state index in [0.717, 1.165) is 0 Å². The molecule has 8 nitrogen and oxygen atoms in total. The first kappa shape index (κ1) is 15.6. The maximum Gasteiger partial charge on any atom is 0.313 e. The Morgan fingerprint density at radius 1 is 1.30 bits per heavy atom. The summed E-state index contributed by atoms with van der Waals surface area (Å²) < 4.78 is 0. The fourth-order valence-electron chi connectivity index (χ4n) is 1.32. The quantitative estimate of drug-likeness (QED) is 0.419. The topological polar surface area (TPSA) is 122 Å². The van der Waals surface area contributed by atoms with Crippen molar-refractivity contribution in [1.82, 2.24) is 5.32 Å². The van der Waals surface area contributed by atoms with E-state index in [1.54, 1.807) is 0 Å². The lowest BCUT2D eigenvalue weighted by Gasteiger charge is -2.22. The molecule has 0 saturated heterocycles. The molecular weight excluding hydrogens is 266 g/mol. The van der Waals surface area contributed by atoms with Crippen molar-refractivity contribution in [3.8, 4) is 0 Å². The van der Waals surface area contributed by atoms with Gasteiger partial charge in [0.25, 0.3) is 5.69 Å². The standard InChI is InChI=1S/C12H15N3O5/c1-12(2,7-16)14-11(18)10(17)13-8-5-3-4-6-9(8)15(19)20/h3-6,16H,7H2,1-2H3,(H,13,17)(H,14,18). The SMILES string of the molecule is CC(C)(CO)NC(=O)C(=O)Nc1ccccc1[N+](=O)[O-]. The first-order valence-electron chi connectivity index (χ1n) is 5.74. The fraction of sp³-hybridized carbons (Fsp3) is 0.333. The van der Waals surface area contributed by atoms with Gasteiger partial charge in [0.1, 0.15) is 5.69 Å². The van der Waals surface area contributed by atoms with Gasteiger partial charge in [-0.05, 0) is 19.9 Å². The van der Waals surface area contributed by atoms with Gasteiger partial charge in [-0.2, -0.15) is 0 Å². The molecule has 1 rings (SSSR count). The number of anilines is 1. The van der Waals surface area contributed by atoms with Gasteiger partial charge in [-0.3, -0.25) is 19.7 Å². The summed E-state index contributed by atoms with van der Waals surface area (Å²) in [5, 5.41) is 24.2. The maximum absolute atomic E-state index is 11.7. The molecule has 0 unspecified atom stereocenters. The van der Waals surface area contributed by atoms with E-state index < -0.39 is 22.3 Å². The van der Waals surface area contributed by atoms with Gasteiger partial charge < -0.3 is 15.7 Å². The van der Waals surface area contributed by atoms with Crippen LogP contribution >= 0.6 is 0 Å². The second kappa shape index (κ2) is 6.11. The Balaban J connectivity index is 2.82. The summed E-state index contributed by atoms with van der Waals surface area (Å²) in [6.45, 7) is 2.71. The second-order valence-electron chi connectivity index (χ2n) is 4.72. The Hall–Kier alpha value is -2.48. The van der Waals surface area contributed by atoms with Crippen molar-refractivity contribution in [1.29, 1.82) is 0 Å². The van der Waals surface area contributed by atoms with E-state index in [9.17, 15) is 19.7 Å². The van der Waals surface area contributed by atoms with Gasteiger partial charge in [-0.25, -0.2) is 0 Å². The van der Waals surface area contributed by atoms with Crippen LogP contribution in [0, 0.1) is 10.1 Å². The summed E-state index contributed by atoms with van der Waals surface area (Å²) in [5.41, 5.74) is -1.34. The second-order valence-corrected chi connectivity index (χ2v) is 4.72. The number of nitro benzene ring substituents is 1. The Kier molecular flexibility index (Phi) is 4.76. The van der Waals surface area contributed by atoms with Crippen molar-refractivity contribution in [2.45, 2.75) is 19.4 Å². The molecule has 0 spiro atoms. The van der Waals surface area contributed by atoms with Gasteiger partial charge in [0.05, 0.1) is 17.1 Å². The van der Waals surface area contributed by atoms with Crippen LogP contribution in [-0.4, -0.2) is 34.0 Å². The minimum absolute atomic E-state index is 0.0699. The summed E-state index contributed by atoms with van der Waals surface area (Å²) in [6.07, 6.45) is 0. The zero-order chi connectivity index (χ0) is 15.3. The number of carbonyl (C=O) groups is 2. The highest BCUT2D eigenvalue weighted by molar-refractivity contribution is 6.40. The van der Waals surface area contributed by atoms with Gasteiger partial charge in [0.15, 0.2) is 0 Å². The lowest BCUT2D eigenvalue weighted by molar-refractivity contribution is -0.383. The number of amides is 2. The van der Waals surface area contributed by atoms with Crippen LogP contribution in [0.15, 0.2) is 24.3 Å². The molecule has 0 fully saturated rings. The molecule has 2 amide bonds. The molecule has 0 atom stereocenters. The molecule has 8 heteroatoms. The molecule has 0 aliphatic heterocycles. The lowest BCUT2D eigenvalue weighted by atomic mass is 10.1. The average molecular weight is 281 g/mol. The number of para-hydroxylation sites is 2. The van der Waals surface area contributed by atoms with Gasteiger partial charge in [-0.1, -0.05) is 12.1 Å². The molecule has 0 radical (unpaired) electrons. The summed E-state index contributed by atoms with van der Waals surface area (Å²) in [6, 6.07) is 5.48. The van der Waals surface area contributed by atoms with Crippen LogP contribution in [0.1, 0.15) is 13.8 Å². The predicted molar refractivity (Wildman–Crippen MR) is 71.0 cm³/mol. The summed E-state index contributed by atoms with van der Waals surface area (Å²) >= 11 is 0. The zero-order valence-corrected chi connectivity index (χ0v) is 11.0. The maximum atomic E-state index is 11.7. The largest absolute Gasteiger partial charge is 0.394 e. The van der Waals surface area contributed by atoms with Crippen molar-refractivity contribution in [2.75, 3.05) is 11.9 Å². The van der Waals surface area contributed by atoms with Crippen molar-refractivity contribution in [3.63, 3.8) is 0 Å². The van der Waals surface area contributed by atoms with E-state index in [4.69, 9.17) is 5.11 Å². The molecule has 0 heterocycles. The average Bonchev–Trinajstić information content (AvgIpc) is 2.38. The molecule has 3 N–H and O–H groups in total. The Labute approximate surface area is 114 Å². The number of hydrogen-bond donors (Lipinski definition) is 3. The number of nitrogens with one attached hydrogen (secondary N) is 2. The molecule has 0 saturated carbocycles. The number of nitrogens with zero attached hydrogens (tertiary/aromatic N) is 1. The Bertz CT molecular complexity index is 542. The van der Waals surface area contributed by atoms with Crippen molar-refractivity contribution >= 4 is 23.2 Å². The third-order valence-corrected chi connectivity index (χ3v) is 2.40. The minimum atomic E-state index is -1.04. The molecule has 0 aliphatic rings. The highest BCUT2D eigenvalue weighted by Gasteiger charge is 2.25. The number of rotatable bonds is 4. The molecule has 0 bridgehead atoms. The third-order valence-electron chi connectivity index (χ3n) is 2.40. The number of aliphatic hydroxyl groups is 1. The van der Waals surface area contributed by atoms with Gasteiger partial charge >= 0.3 is 11.8 Å². The monoisotopic (exact) mass is 281 g/mol. The van der Waals surface area contributed by atoms with Crippen LogP contribution in [0.25, 0.3) is 0 Å². The van der Waals surface area contributed by atoms with Crippen LogP contribution in [0.5, 0.6) is 0 Å². The molecule has 0 aliphatic carbocycles. The van der Waals surface area contributed by atoms with E-state index in [-0.39, 0.29) is 18.0 Å². The van der Waals surface area contributed by atoms with E-state index in [1.165, 1.54) is 38.1 Å². The number of carbonyl (C=O) groups excluding carboxylic acids is 2. The van der Waals surface area contributed by atoms with Crippen LogP contribution < -0.4 is 10.6 Å². The molecule has 108 valence electrons. The molecule has 20 heavy (non-hydrogen) atoms. The van der Waals surface area contributed by atoms with E-state index >= 15 is 0 Å². The van der Waals surface area contributed by atoms with Gasteiger partial charge in [0, 0.05) is 6.07 Å². The van der Waals surface area contributed by atoms with E-state index in [2.05, 4.69) is 10.6 Å². The van der Waals surface area contributed by atoms with Crippen LogP contribution in [0.3, 0.4) is 0 Å². The summed E-state index contributed by atoms with van der Waals surface area (Å²) in [5.74, 6) is -2.02. The van der Waals surface area contributed by atoms with Crippen LogP contribution in [0.4, 0.5) is 11.4 Å². The van der Waals surface area contributed by atoms with Crippen molar-refractivity contribution in [2.24, 2.45) is 0 Å². The van der Waals surface area contributed by atoms with Gasteiger partial charge in [0.2, 0.25) is 0 Å². The number of aliphatic hydroxyl groups excluding tert-OH is 1. The minimum Gasteiger partial charge on any atom is -0.394 e. The number of nitro groups is 1. The van der Waals surface area contributed by atoms with Crippen molar-refractivity contribution < 1.29 is 19.6 Å². The molecular formula is C12H15N3O5. The highest BCUT2D eigenvalue weighted by atomic mass is 16.6. The lowest BCUT2D eigenvalue weighted by Crippen LogP contribution is -2.50. The van der Waals surface area contributed by atoms with E-state index in [0.29, 0.717) is 0 Å². The van der Waals surface area contributed by atoms with Crippen molar-refractivity contribution in [3.05, 3.63) is 34.4 Å². The smallest absolute Gasteiger partial charge is 0.313 e. The van der Waals surface area contributed by atoms with E-state index in [1.807, 2.05) is 0 Å². The first-order valence-corrected chi connectivity index (χ1v) is 5.74. The molecule has 0 aromatic heterocycles. The molecule has 1 aromatic carbocycles. The third kappa shape index (κ3) is 4.02. The Morgan fingerprint density at radius 3 is 2.45 bits per heavy atom. The molecule has 1 aromatic rings. The number of hydrogen-bond acceptors (Lipinski definition) is 5. The fourth-order valence-corrected chi connectivity index (χ4v) is 1.32. The highest BCUT2D eigenvalue weighted by Crippen LogP contribution is 2.22.